The van der Waals surface area contributed by atoms with Crippen molar-refractivity contribution in [2.75, 3.05) is 46.9 Å². The Kier molecular flexibility index (Phi) is 10.1. The van der Waals surface area contributed by atoms with Crippen LogP contribution in [-0.2, 0) is 4.74 Å². The van der Waals surface area contributed by atoms with E-state index in [0.717, 1.165) is 32.1 Å². The third kappa shape index (κ3) is 6.99. The van der Waals surface area contributed by atoms with Crippen molar-refractivity contribution in [2.45, 2.75) is 6.42 Å². The van der Waals surface area contributed by atoms with Gasteiger partial charge in [-0.2, -0.15) is 0 Å². The maximum atomic E-state index is 12.0. The van der Waals surface area contributed by atoms with Gasteiger partial charge in [-0.1, -0.05) is 11.6 Å². The Morgan fingerprint density at radius 1 is 1.32 bits per heavy atom. The summed E-state index contributed by atoms with van der Waals surface area (Å²) in [7, 11) is 3.51. The van der Waals surface area contributed by atoms with Crippen LogP contribution in [0.2, 0.25) is 5.02 Å². The molecule has 140 valence electrons. The molecule has 1 aliphatic heterocycles. The Bertz CT molecular complexity index is 568. The second-order valence-electron chi connectivity index (χ2n) is 5.79. The van der Waals surface area contributed by atoms with Crippen LogP contribution in [0.25, 0.3) is 0 Å². The molecule has 1 aromatic carbocycles. The summed E-state index contributed by atoms with van der Waals surface area (Å²) in [4.78, 5) is 18.5. The minimum atomic E-state index is -0.107. The molecule has 2 N–H and O–H groups in total. The monoisotopic (exact) mass is 480 g/mol. The predicted octanol–water partition coefficient (Wildman–Crippen LogP) is 2.23. The Labute approximate surface area is 171 Å². The van der Waals surface area contributed by atoms with Crippen LogP contribution in [-0.4, -0.2) is 63.7 Å². The molecular weight excluding hydrogens is 455 g/mol. The number of hydrogen-bond acceptors (Lipinski definition) is 3. The van der Waals surface area contributed by atoms with Crippen LogP contribution in [0.4, 0.5) is 0 Å². The summed E-state index contributed by atoms with van der Waals surface area (Å²) in [5, 5.41) is 6.79. The molecule has 1 aliphatic rings. The minimum absolute atomic E-state index is 0. The fraction of sp³-hybridized carbons (Fsp3) is 0.529. The van der Waals surface area contributed by atoms with Gasteiger partial charge in [-0.3, -0.25) is 9.79 Å². The van der Waals surface area contributed by atoms with Crippen LogP contribution in [0.15, 0.2) is 29.3 Å². The van der Waals surface area contributed by atoms with E-state index < -0.39 is 0 Å². The molecular formula is C17H26ClIN4O2. The first kappa shape index (κ1) is 22.0. The number of aliphatic imine (C=N–C) groups is 1. The summed E-state index contributed by atoms with van der Waals surface area (Å²) >= 11 is 5.82. The Morgan fingerprint density at radius 2 is 2.00 bits per heavy atom. The van der Waals surface area contributed by atoms with Gasteiger partial charge >= 0.3 is 0 Å². The van der Waals surface area contributed by atoms with Gasteiger partial charge in [0.2, 0.25) is 0 Å². The van der Waals surface area contributed by atoms with E-state index in [0.29, 0.717) is 29.6 Å². The second kappa shape index (κ2) is 11.5. The van der Waals surface area contributed by atoms with Crippen molar-refractivity contribution in [1.82, 2.24) is 15.5 Å². The number of hydrogen-bond donors (Lipinski definition) is 2. The molecule has 0 aliphatic carbocycles. The molecule has 1 unspecified atom stereocenters. The average Bonchev–Trinajstić information content (AvgIpc) is 3.04. The smallest absolute Gasteiger partial charge is 0.251 e. The molecule has 1 fully saturated rings. The van der Waals surface area contributed by atoms with Crippen molar-refractivity contribution in [3.05, 3.63) is 34.9 Å². The van der Waals surface area contributed by atoms with Crippen LogP contribution in [0.5, 0.6) is 0 Å². The van der Waals surface area contributed by atoms with E-state index in [1.165, 1.54) is 0 Å². The third-order valence-corrected chi connectivity index (χ3v) is 4.25. The van der Waals surface area contributed by atoms with Gasteiger partial charge in [0.15, 0.2) is 5.96 Å². The zero-order chi connectivity index (χ0) is 17.4. The number of carbonyl (C=O) groups excluding carboxylic acids is 1. The molecule has 6 nitrogen and oxygen atoms in total. The topological polar surface area (TPSA) is 66.0 Å². The number of nitrogens with zero attached hydrogens (tertiary/aromatic N) is 2. The van der Waals surface area contributed by atoms with Gasteiger partial charge in [0.25, 0.3) is 5.91 Å². The lowest BCUT2D eigenvalue weighted by Crippen LogP contribution is -2.43. The van der Waals surface area contributed by atoms with Crippen LogP contribution < -0.4 is 10.6 Å². The Morgan fingerprint density at radius 3 is 2.64 bits per heavy atom. The highest BCUT2D eigenvalue weighted by atomic mass is 127. The minimum Gasteiger partial charge on any atom is -0.384 e. The molecule has 8 heteroatoms. The molecule has 0 spiro atoms. The average molecular weight is 481 g/mol. The zero-order valence-electron chi connectivity index (χ0n) is 14.6. The van der Waals surface area contributed by atoms with Crippen molar-refractivity contribution in [1.29, 1.82) is 0 Å². The fourth-order valence-corrected chi connectivity index (χ4v) is 2.91. The predicted molar refractivity (Wildman–Crippen MR) is 112 cm³/mol. The first-order valence-electron chi connectivity index (χ1n) is 8.12. The van der Waals surface area contributed by atoms with Crippen LogP contribution in [0.1, 0.15) is 16.8 Å². The van der Waals surface area contributed by atoms with Crippen LogP contribution >= 0.6 is 35.6 Å². The van der Waals surface area contributed by atoms with E-state index in [9.17, 15) is 4.79 Å². The van der Waals surface area contributed by atoms with Crippen molar-refractivity contribution >= 4 is 47.4 Å². The van der Waals surface area contributed by atoms with E-state index in [-0.39, 0.29) is 29.9 Å². The number of methoxy groups -OCH3 is 1. The molecule has 1 heterocycles. The van der Waals surface area contributed by atoms with Crippen molar-refractivity contribution < 1.29 is 9.53 Å². The number of amides is 1. The summed E-state index contributed by atoms with van der Waals surface area (Å²) in [6.07, 6.45) is 1.11. The summed E-state index contributed by atoms with van der Waals surface area (Å²) in [6, 6.07) is 6.84. The van der Waals surface area contributed by atoms with Crippen LogP contribution in [0, 0.1) is 5.92 Å². The van der Waals surface area contributed by atoms with Gasteiger partial charge in [-0.15, -0.1) is 24.0 Å². The van der Waals surface area contributed by atoms with E-state index >= 15 is 0 Å². The molecule has 0 radical (unpaired) electrons. The fourth-order valence-electron chi connectivity index (χ4n) is 2.78. The number of guanidine groups is 1. The largest absolute Gasteiger partial charge is 0.384 e. The third-order valence-electron chi connectivity index (χ3n) is 4.00. The first-order valence-corrected chi connectivity index (χ1v) is 8.50. The van der Waals surface area contributed by atoms with Crippen molar-refractivity contribution in [3.63, 3.8) is 0 Å². The van der Waals surface area contributed by atoms with E-state index in [1.54, 1.807) is 38.4 Å². The quantitative estimate of drug-likeness (QED) is 0.284. The number of likely N-dealkylation sites (tertiary alicyclic amines) is 1. The molecule has 0 aromatic heterocycles. The van der Waals surface area contributed by atoms with Crippen molar-refractivity contribution in [2.24, 2.45) is 10.9 Å². The molecule has 1 aromatic rings. The Balaban J connectivity index is 0.00000312. The van der Waals surface area contributed by atoms with Gasteiger partial charge in [-0.05, 0) is 30.7 Å². The highest BCUT2D eigenvalue weighted by molar-refractivity contribution is 14.0. The summed E-state index contributed by atoms with van der Waals surface area (Å²) < 4.78 is 5.22. The molecule has 1 amide bonds. The van der Waals surface area contributed by atoms with E-state index in [2.05, 4.69) is 20.5 Å². The lowest BCUT2D eigenvalue weighted by atomic mass is 10.1. The van der Waals surface area contributed by atoms with E-state index in [1.807, 2.05) is 0 Å². The summed E-state index contributed by atoms with van der Waals surface area (Å²) in [5.41, 5.74) is 0.603. The normalized spacial score (nSPS) is 17.2. The summed E-state index contributed by atoms with van der Waals surface area (Å²) in [5.74, 6) is 1.32. The molecule has 1 saturated heterocycles. The Hall–Kier alpha value is -1.06. The van der Waals surface area contributed by atoms with Gasteiger partial charge in [-0.25, -0.2) is 0 Å². The number of carbonyl (C=O) groups is 1. The maximum absolute atomic E-state index is 12.0. The molecule has 25 heavy (non-hydrogen) atoms. The highest BCUT2D eigenvalue weighted by Gasteiger charge is 2.24. The number of rotatable bonds is 6. The lowest BCUT2D eigenvalue weighted by Gasteiger charge is -2.21. The molecule has 2 rings (SSSR count). The highest BCUT2D eigenvalue weighted by Crippen LogP contribution is 2.16. The SMILES string of the molecule is CN=C(NCCNC(=O)c1ccc(Cl)cc1)N1CCC(COC)C1.I. The number of halogens is 2. The van der Waals surface area contributed by atoms with Crippen LogP contribution in [0.3, 0.4) is 0 Å². The number of nitrogens with one attached hydrogen (secondary N) is 2. The first-order chi connectivity index (χ1) is 11.6. The van der Waals surface area contributed by atoms with Gasteiger partial charge in [0.1, 0.15) is 0 Å². The number of benzene rings is 1. The molecule has 1 atom stereocenters. The second-order valence-corrected chi connectivity index (χ2v) is 6.23. The van der Waals surface area contributed by atoms with Crippen molar-refractivity contribution in [3.8, 4) is 0 Å². The summed E-state index contributed by atoms with van der Waals surface area (Å²) in [6.45, 7) is 3.85. The molecule has 0 bridgehead atoms. The standard InChI is InChI=1S/C17H25ClN4O2.HI/c1-19-17(22-10-7-13(11-22)12-24-2)21-9-8-20-16(23)14-3-5-15(18)6-4-14;/h3-6,13H,7-12H2,1-2H3,(H,19,21)(H,20,23);1H. The molecule has 0 saturated carbocycles. The van der Waals surface area contributed by atoms with Gasteiger partial charge < -0.3 is 20.3 Å². The zero-order valence-corrected chi connectivity index (χ0v) is 17.7. The number of ether oxygens (including phenoxy) is 1. The maximum Gasteiger partial charge on any atom is 0.251 e. The lowest BCUT2D eigenvalue weighted by molar-refractivity contribution is 0.0954. The van der Waals surface area contributed by atoms with Gasteiger partial charge in [0.05, 0.1) is 6.61 Å². The van der Waals surface area contributed by atoms with E-state index in [4.69, 9.17) is 16.3 Å². The van der Waals surface area contributed by atoms with Gasteiger partial charge in [0, 0.05) is 56.8 Å².